The van der Waals surface area contributed by atoms with Gasteiger partial charge >= 0.3 is 0 Å². The van der Waals surface area contributed by atoms with Crippen LogP contribution in [-0.4, -0.2) is 45.4 Å². The van der Waals surface area contributed by atoms with Gasteiger partial charge in [0.2, 0.25) is 17.7 Å². The van der Waals surface area contributed by atoms with Crippen molar-refractivity contribution in [1.82, 2.24) is 15.4 Å². The number of carbonyl (C=O) groups is 3. The average molecular weight is 437 g/mol. The Balaban J connectivity index is 1.80. The minimum atomic E-state index is -0.571. The molecule has 0 radical (unpaired) electrons. The lowest BCUT2D eigenvalue weighted by molar-refractivity contribution is -0.143. The summed E-state index contributed by atoms with van der Waals surface area (Å²) in [7, 11) is 0. The molecule has 0 bridgehead atoms. The monoisotopic (exact) mass is 436 g/mol. The molecule has 3 amide bonds. The minimum absolute atomic E-state index is 0.00892. The van der Waals surface area contributed by atoms with Crippen LogP contribution >= 0.6 is 11.3 Å². The van der Waals surface area contributed by atoms with Crippen LogP contribution < -0.4 is 10.8 Å². The van der Waals surface area contributed by atoms with Crippen LogP contribution in [-0.2, 0) is 14.4 Å². The fourth-order valence-electron chi connectivity index (χ4n) is 4.88. The molecule has 1 saturated heterocycles. The molecule has 30 heavy (non-hydrogen) atoms. The van der Waals surface area contributed by atoms with Crippen LogP contribution in [0.25, 0.3) is 0 Å². The highest BCUT2D eigenvalue weighted by Gasteiger charge is 2.50. The second-order valence-electron chi connectivity index (χ2n) is 8.74. The zero-order chi connectivity index (χ0) is 21.7. The lowest BCUT2D eigenvalue weighted by Crippen LogP contribution is -2.46. The molecule has 0 aromatic carbocycles. The third-order valence-corrected chi connectivity index (χ3v) is 7.25. The molecule has 2 fully saturated rings. The first-order chi connectivity index (χ1) is 14.4. The Labute approximate surface area is 181 Å². The number of hydroxylamine groups is 1. The van der Waals surface area contributed by atoms with Crippen molar-refractivity contribution in [3.05, 3.63) is 11.1 Å². The fourth-order valence-corrected chi connectivity index (χ4v) is 5.55. The normalized spacial score (nSPS) is 21.0. The number of nitrogens with zero attached hydrogens (tertiary/aromatic N) is 2. The molecule has 2 aliphatic rings. The van der Waals surface area contributed by atoms with Gasteiger partial charge in [-0.05, 0) is 38.0 Å². The average Bonchev–Trinajstić information content (AvgIpc) is 3.45. The van der Waals surface area contributed by atoms with E-state index in [-0.39, 0.29) is 23.7 Å². The number of rotatable bonds is 8. The Bertz CT molecular complexity index is 775. The highest BCUT2D eigenvalue weighted by Crippen LogP contribution is 2.48. The summed E-state index contributed by atoms with van der Waals surface area (Å²) in [6, 6.07) is -0.555. The van der Waals surface area contributed by atoms with Gasteiger partial charge in [-0.15, -0.1) is 11.3 Å². The molecule has 166 valence electrons. The number of thiazole rings is 1. The molecule has 8 nitrogen and oxygen atoms in total. The second-order valence-corrected chi connectivity index (χ2v) is 9.97. The van der Waals surface area contributed by atoms with E-state index in [4.69, 9.17) is 5.21 Å². The van der Waals surface area contributed by atoms with E-state index in [0.29, 0.717) is 24.5 Å². The Morgan fingerprint density at radius 1 is 1.37 bits per heavy atom. The van der Waals surface area contributed by atoms with Crippen molar-refractivity contribution in [3.8, 4) is 0 Å². The van der Waals surface area contributed by atoms with Crippen LogP contribution in [0.2, 0.25) is 0 Å². The Morgan fingerprint density at radius 2 is 2.10 bits per heavy atom. The summed E-state index contributed by atoms with van der Waals surface area (Å²) in [6.45, 7) is 4.52. The first-order valence-corrected chi connectivity index (χ1v) is 11.7. The predicted molar refractivity (Wildman–Crippen MR) is 114 cm³/mol. The quantitative estimate of drug-likeness (QED) is 0.428. The summed E-state index contributed by atoms with van der Waals surface area (Å²) in [5.41, 5.74) is 1.63. The highest BCUT2D eigenvalue weighted by molar-refractivity contribution is 7.15. The van der Waals surface area contributed by atoms with Gasteiger partial charge in [-0.2, -0.15) is 0 Å². The van der Waals surface area contributed by atoms with Crippen molar-refractivity contribution in [2.45, 2.75) is 77.7 Å². The summed E-state index contributed by atoms with van der Waals surface area (Å²) >= 11 is 1.41. The van der Waals surface area contributed by atoms with Gasteiger partial charge in [-0.25, -0.2) is 10.5 Å². The molecule has 1 aromatic heterocycles. The van der Waals surface area contributed by atoms with Gasteiger partial charge in [0.25, 0.3) is 0 Å². The molecule has 1 saturated carbocycles. The number of aromatic nitrogens is 1. The number of aryl methyl sites for hydroxylation is 1. The van der Waals surface area contributed by atoms with E-state index in [9.17, 15) is 14.4 Å². The van der Waals surface area contributed by atoms with Crippen LogP contribution in [0.1, 0.15) is 69.6 Å². The van der Waals surface area contributed by atoms with Gasteiger partial charge in [0.05, 0.1) is 0 Å². The molecule has 3 rings (SSSR count). The molecule has 3 N–H and O–H groups in total. The maximum atomic E-state index is 13.5. The van der Waals surface area contributed by atoms with E-state index in [2.05, 4.69) is 10.3 Å². The van der Waals surface area contributed by atoms with E-state index in [0.717, 1.165) is 43.4 Å². The van der Waals surface area contributed by atoms with E-state index in [1.807, 2.05) is 13.8 Å². The van der Waals surface area contributed by atoms with Crippen molar-refractivity contribution in [3.63, 3.8) is 0 Å². The van der Waals surface area contributed by atoms with E-state index in [1.54, 1.807) is 16.6 Å². The van der Waals surface area contributed by atoms with Crippen molar-refractivity contribution < 1.29 is 19.6 Å². The molecule has 9 heteroatoms. The van der Waals surface area contributed by atoms with Gasteiger partial charge in [0, 0.05) is 30.0 Å². The van der Waals surface area contributed by atoms with Crippen molar-refractivity contribution in [1.29, 1.82) is 0 Å². The molecular formula is C21H32N4O4S. The summed E-state index contributed by atoms with van der Waals surface area (Å²) in [4.78, 5) is 45.3. The molecule has 1 aromatic rings. The zero-order valence-electron chi connectivity index (χ0n) is 17.8. The van der Waals surface area contributed by atoms with Crippen LogP contribution in [0.5, 0.6) is 0 Å². The number of nitrogens with one attached hydrogen (secondary N) is 2. The van der Waals surface area contributed by atoms with Crippen LogP contribution in [0.3, 0.4) is 0 Å². The predicted octanol–water partition coefficient (Wildman–Crippen LogP) is 3.25. The first-order valence-electron chi connectivity index (χ1n) is 10.8. The number of unbranched alkanes of at least 4 members (excludes halogenated alkanes) is 1. The van der Waals surface area contributed by atoms with Gasteiger partial charge < -0.3 is 10.2 Å². The van der Waals surface area contributed by atoms with Crippen molar-refractivity contribution >= 4 is 34.2 Å². The van der Waals surface area contributed by atoms with Gasteiger partial charge in [-0.3, -0.25) is 19.6 Å². The number of anilines is 1. The van der Waals surface area contributed by atoms with Crippen LogP contribution in [0.15, 0.2) is 6.20 Å². The van der Waals surface area contributed by atoms with Gasteiger partial charge in [0.15, 0.2) is 5.13 Å². The van der Waals surface area contributed by atoms with Gasteiger partial charge in [-0.1, -0.05) is 32.6 Å². The molecule has 2 heterocycles. The van der Waals surface area contributed by atoms with Crippen molar-refractivity contribution in [2.24, 2.45) is 11.3 Å². The van der Waals surface area contributed by atoms with Crippen LogP contribution in [0, 0.1) is 18.3 Å². The number of amides is 3. The first kappa shape index (κ1) is 22.7. The summed E-state index contributed by atoms with van der Waals surface area (Å²) < 4.78 is 0. The molecule has 1 aliphatic carbocycles. The molecule has 1 spiro atoms. The summed E-state index contributed by atoms with van der Waals surface area (Å²) in [5.74, 6) is -1.47. The number of hydrogen-bond acceptors (Lipinski definition) is 6. The standard InChI is InChI=1S/C21H32N4O4S/c1-3-4-7-15(10-17(26)24-29)19(28)25-13-21(8-5-6-9-21)11-16(25)18(27)23-20-22-12-14(2)30-20/h12,15-16,29H,3-11,13H2,1-2H3,(H,24,26)(H,22,23,27)/t15-,16+/m1/s1. The van der Waals surface area contributed by atoms with E-state index in [1.165, 1.54) is 11.3 Å². The maximum absolute atomic E-state index is 13.5. The third-order valence-electron chi connectivity index (χ3n) is 6.42. The second kappa shape index (κ2) is 9.87. The molecule has 0 unspecified atom stereocenters. The zero-order valence-corrected chi connectivity index (χ0v) is 18.6. The minimum Gasteiger partial charge on any atom is -0.330 e. The SMILES string of the molecule is CCCC[C@H](CC(=O)NO)C(=O)N1CC2(CCCC2)C[C@H]1C(=O)Nc1ncc(C)s1. The maximum Gasteiger partial charge on any atom is 0.248 e. The van der Waals surface area contributed by atoms with E-state index < -0.39 is 17.9 Å². The highest BCUT2D eigenvalue weighted by atomic mass is 32.1. The molecular weight excluding hydrogens is 404 g/mol. The lowest BCUT2D eigenvalue weighted by atomic mass is 9.84. The topological polar surface area (TPSA) is 112 Å². The van der Waals surface area contributed by atoms with E-state index >= 15 is 0 Å². The summed E-state index contributed by atoms with van der Waals surface area (Å²) in [6.07, 6.45) is 8.85. The Morgan fingerprint density at radius 3 is 2.70 bits per heavy atom. The molecule has 2 atom stereocenters. The number of carbonyl (C=O) groups excluding carboxylic acids is 3. The smallest absolute Gasteiger partial charge is 0.248 e. The number of likely N-dealkylation sites (tertiary alicyclic amines) is 1. The fraction of sp³-hybridized carbons (Fsp3) is 0.714. The van der Waals surface area contributed by atoms with Gasteiger partial charge in [0.1, 0.15) is 6.04 Å². The van der Waals surface area contributed by atoms with Crippen LogP contribution in [0.4, 0.5) is 5.13 Å². The Hall–Kier alpha value is -2.00. The van der Waals surface area contributed by atoms with Crippen molar-refractivity contribution in [2.75, 3.05) is 11.9 Å². The largest absolute Gasteiger partial charge is 0.330 e. The number of hydrogen-bond donors (Lipinski definition) is 3. The molecule has 1 aliphatic heterocycles. The summed E-state index contributed by atoms with van der Waals surface area (Å²) in [5, 5.41) is 12.4. The lowest BCUT2D eigenvalue weighted by Gasteiger charge is -2.28. The Kier molecular flexibility index (Phi) is 7.46. The third kappa shape index (κ3) is 5.18.